The third kappa shape index (κ3) is 5.64. The smallest absolute Gasteiger partial charge is 0.164 e. The standard InChI is InChI=1S/C17H32O2/c1-3-4-5-6-7-8-9-10-13-16(18)17(19-2)14-11-12-15-17/h3-15H2,1-2H3. The molecule has 0 saturated heterocycles. The molecule has 0 aromatic heterocycles. The Balaban J connectivity index is 2.04. The molecule has 1 aliphatic carbocycles. The maximum atomic E-state index is 12.2. The van der Waals surface area contributed by atoms with Crippen LogP contribution in [0.2, 0.25) is 0 Å². The number of carbonyl (C=O) groups excluding carboxylic acids is 1. The fourth-order valence-electron chi connectivity index (χ4n) is 3.19. The second-order valence-electron chi connectivity index (χ2n) is 6.05. The van der Waals surface area contributed by atoms with Gasteiger partial charge in [0.05, 0.1) is 0 Å². The van der Waals surface area contributed by atoms with Gasteiger partial charge in [0.2, 0.25) is 0 Å². The summed E-state index contributed by atoms with van der Waals surface area (Å²) in [7, 11) is 1.71. The molecule has 1 fully saturated rings. The molecule has 0 amide bonds. The number of hydrogen-bond acceptors (Lipinski definition) is 2. The largest absolute Gasteiger partial charge is 0.370 e. The zero-order valence-corrected chi connectivity index (χ0v) is 13.0. The average molecular weight is 268 g/mol. The van der Waals surface area contributed by atoms with Gasteiger partial charge in [0.15, 0.2) is 5.78 Å². The van der Waals surface area contributed by atoms with Gasteiger partial charge in [0.1, 0.15) is 5.60 Å². The molecule has 2 heteroatoms. The lowest BCUT2D eigenvalue weighted by molar-refractivity contribution is -0.140. The molecule has 0 aromatic carbocycles. The van der Waals surface area contributed by atoms with Crippen molar-refractivity contribution in [2.24, 2.45) is 0 Å². The van der Waals surface area contributed by atoms with Gasteiger partial charge in [-0.3, -0.25) is 4.79 Å². The van der Waals surface area contributed by atoms with Crippen molar-refractivity contribution in [3.63, 3.8) is 0 Å². The van der Waals surface area contributed by atoms with E-state index in [1.54, 1.807) is 7.11 Å². The molecule has 0 heterocycles. The molecule has 2 nitrogen and oxygen atoms in total. The highest BCUT2D eigenvalue weighted by atomic mass is 16.5. The molecule has 112 valence electrons. The number of rotatable bonds is 11. The highest BCUT2D eigenvalue weighted by Gasteiger charge is 2.40. The highest BCUT2D eigenvalue weighted by molar-refractivity contribution is 5.87. The van der Waals surface area contributed by atoms with Crippen LogP contribution in [-0.4, -0.2) is 18.5 Å². The summed E-state index contributed by atoms with van der Waals surface area (Å²) in [5.41, 5.74) is -0.402. The summed E-state index contributed by atoms with van der Waals surface area (Å²) in [6, 6.07) is 0. The lowest BCUT2D eigenvalue weighted by atomic mass is 9.92. The zero-order chi connectivity index (χ0) is 14.0. The maximum Gasteiger partial charge on any atom is 0.164 e. The van der Waals surface area contributed by atoms with E-state index in [0.29, 0.717) is 5.78 Å². The fourth-order valence-corrected chi connectivity index (χ4v) is 3.19. The molecule has 0 atom stereocenters. The molecule has 0 N–H and O–H groups in total. The number of unbranched alkanes of at least 4 members (excludes halogenated alkanes) is 7. The number of methoxy groups -OCH3 is 1. The molecule has 1 saturated carbocycles. The van der Waals surface area contributed by atoms with Crippen molar-refractivity contribution in [1.29, 1.82) is 0 Å². The van der Waals surface area contributed by atoms with Gasteiger partial charge in [0.25, 0.3) is 0 Å². The Kier molecular flexibility index (Phi) is 8.36. The second-order valence-corrected chi connectivity index (χ2v) is 6.05. The Labute approximate surface area is 119 Å². The lowest BCUT2D eigenvalue weighted by Gasteiger charge is -2.25. The number of ketones is 1. The van der Waals surface area contributed by atoms with Crippen molar-refractivity contribution < 1.29 is 9.53 Å². The number of hydrogen-bond donors (Lipinski definition) is 0. The molecule has 0 aromatic rings. The van der Waals surface area contributed by atoms with Gasteiger partial charge in [-0.05, 0) is 32.1 Å². The molecular weight excluding hydrogens is 236 g/mol. The first kappa shape index (κ1) is 16.7. The van der Waals surface area contributed by atoms with Gasteiger partial charge in [-0.25, -0.2) is 0 Å². The normalized spacial score (nSPS) is 17.8. The quantitative estimate of drug-likeness (QED) is 0.490. The fraction of sp³-hybridized carbons (Fsp3) is 0.941. The number of Topliss-reactive ketones (excluding diaryl/α,β-unsaturated/α-hetero) is 1. The molecule has 1 aliphatic rings. The van der Waals surface area contributed by atoms with Gasteiger partial charge in [-0.1, -0.05) is 51.9 Å². The predicted molar refractivity (Wildman–Crippen MR) is 80.4 cm³/mol. The van der Waals surface area contributed by atoms with Crippen LogP contribution >= 0.6 is 0 Å². The molecule has 0 radical (unpaired) electrons. The highest BCUT2D eigenvalue weighted by Crippen LogP contribution is 2.34. The van der Waals surface area contributed by atoms with Crippen molar-refractivity contribution >= 4 is 5.78 Å². The predicted octanol–water partition coefficient (Wildman–Crippen LogP) is 5.05. The van der Waals surface area contributed by atoms with E-state index in [1.807, 2.05) is 0 Å². The van der Waals surface area contributed by atoms with E-state index < -0.39 is 5.60 Å². The molecule has 0 bridgehead atoms. The van der Waals surface area contributed by atoms with Crippen LogP contribution in [0.3, 0.4) is 0 Å². The Morgan fingerprint density at radius 1 is 0.947 bits per heavy atom. The summed E-state index contributed by atoms with van der Waals surface area (Å²) < 4.78 is 5.53. The first-order valence-corrected chi connectivity index (χ1v) is 8.33. The molecular formula is C17H32O2. The van der Waals surface area contributed by atoms with Gasteiger partial charge < -0.3 is 4.74 Å². The zero-order valence-electron chi connectivity index (χ0n) is 13.0. The van der Waals surface area contributed by atoms with Crippen molar-refractivity contribution in [1.82, 2.24) is 0 Å². The van der Waals surface area contributed by atoms with Crippen molar-refractivity contribution in [2.45, 2.75) is 96.0 Å². The van der Waals surface area contributed by atoms with Gasteiger partial charge in [-0.2, -0.15) is 0 Å². The van der Waals surface area contributed by atoms with Crippen LogP contribution in [0.25, 0.3) is 0 Å². The van der Waals surface area contributed by atoms with Crippen molar-refractivity contribution in [2.75, 3.05) is 7.11 Å². The summed E-state index contributed by atoms with van der Waals surface area (Å²) in [5.74, 6) is 0.360. The van der Waals surface area contributed by atoms with E-state index in [2.05, 4.69) is 6.92 Å². The van der Waals surface area contributed by atoms with Crippen LogP contribution in [0.5, 0.6) is 0 Å². The van der Waals surface area contributed by atoms with E-state index >= 15 is 0 Å². The Bertz CT molecular complexity index is 242. The monoisotopic (exact) mass is 268 g/mol. The second kappa shape index (κ2) is 9.52. The van der Waals surface area contributed by atoms with E-state index in [4.69, 9.17) is 4.74 Å². The molecule has 0 spiro atoms. The Hall–Kier alpha value is -0.370. The summed E-state index contributed by atoms with van der Waals surface area (Å²) in [5, 5.41) is 0. The number of carbonyl (C=O) groups is 1. The van der Waals surface area contributed by atoms with Crippen LogP contribution < -0.4 is 0 Å². The first-order valence-electron chi connectivity index (χ1n) is 8.33. The number of ether oxygens (including phenoxy) is 1. The van der Waals surface area contributed by atoms with Gasteiger partial charge >= 0.3 is 0 Å². The molecule has 0 unspecified atom stereocenters. The van der Waals surface area contributed by atoms with Crippen LogP contribution in [-0.2, 0) is 9.53 Å². The van der Waals surface area contributed by atoms with Gasteiger partial charge in [0, 0.05) is 13.5 Å². The van der Waals surface area contributed by atoms with Crippen molar-refractivity contribution in [3.05, 3.63) is 0 Å². The topological polar surface area (TPSA) is 26.3 Å². The Morgan fingerprint density at radius 3 is 2.00 bits per heavy atom. The molecule has 1 rings (SSSR count). The van der Waals surface area contributed by atoms with Crippen LogP contribution in [0.4, 0.5) is 0 Å². The minimum atomic E-state index is -0.402. The summed E-state index contributed by atoms with van der Waals surface area (Å²) >= 11 is 0. The van der Waals surface area contributed by atoms with E-state index in [-0.39, 0.29) is 0 Å². The Morgan fingerprint density at radius 2 is 1.47 bits per heavy atom. The lowest BCUT2D eigenvalue weighted by Crippen LogP contribution is -2.37. The van der Waals surface area contributed by atoms with Gasteiger partial charge in [-0.15, -0.1) is 0 Å². The van der Waals surface area contributed by atoms with Crippen molar-refractivity contribution in [3.8, 4) is 0 Å². The average Bonchev–Trinajstić information content (AvgIpc) is 2.91. The van der Waals surface area contributed by atoms with E-state index in [0.717, 1.165) is 38.5 Å². The third-order valence-electron chi connectivity index (χ3n) is 4.57. The summed E-state index contributed by atoms with van der Waals surface area (Å²) in [6.07, 6.45) is 15.2. The van der Waals surface area contributed by atoms with E-state index in [9.17, 15) is 4.79 Å². The summed E-state index contributed by atoms with van der Waals surface area (Å²) in [4.78, 5) is 12.2. The maximum absolute atomic E-state index is 12.2. The minimum absolute atomic E-state index is 0.360. The SMILES string of the molecule is CCCCCCCCCCC(=O)C1(OC)CCCC1. The van der Waals surface area contributed by atoms with E-state index in [1.165, 1.54) is 44.9 Å². The molecule has 19 heavy (non-hydrogen) atoms. The summed E-state index contributed by atoms with van der Waals surface area (Å²) in [6.45, 7) is 2.25. The van der Waals surface area contributed by atoms with Crippen LogP contribution in [0.1, 0.15) is 90.4 Å². The molecule has 0 aliphatic heterocycles. The van der Waals surface area contributed by atoms with Crippen LogP contribution in [0, 0.1) is 0 Å². The minimum Gasteiger partial charge on any atom is -0.370 e. The van der Waals surface area contributed by atoms with Crippen LogP contribution in [0.15, 0.2) is 0 Å². The first-order chi connectivity index (χ1) is 9.25. The third-order valence-corrected chi connectivity index (χ3v) is 4.57.